The summed E-state index contributed by atoms with van der Waals surface area (Å²) in [5.41, 5.74) is 0. The van der Waals surface area contributed by atoms with Crippen molar-refractivity contribution in [3.63, 3.8) is 0 Å². The van der Waals surface area contributed by atoms with Gasteiger partial charge in [-0.2, -0.15) is 0 Å². The van der Waals surface area contributed by atoms with Crippen LogP contribution in [0.25, 0.3) is 0 Å². The van der Waals surface area contributed by atoms with Crippen LogP contribution < -0.4 is 10.0 Å². The summed E-state index contributed by atoms with van der Waals surface area (Å²) < 4.78 is 25.6. The molecule has 2 N–H and O–H groups in total. The SMILES string of the molecule is CC(C)S(=O)(=O)NC1CCCNC1. The Bertz CT molecular complexity index is 243. The number of piperidine rings is 1. The molecule has 0 aromatic heterocycles. The molecule has 0 aliphatic carbocycles. The van der Waals surface area contributed by atoms with E-state index in [2.05, 4.69) is 10.0 Å². The van der Waals surface area contributed by atoms with Gasteiger partial charge in [0.05, 0.1) is 5.25 Å². The normalized spacial score (nSPS) is 25.0. The zero-order chi connectivity index (χ0) is 9.90. The maximum absolute atomic E-state index is 11.5. The van der Waals surface area contributed by atoms with Crippen molar-refractivity contribution in [2.24, 2.45) is 0 Å². The first kappa shape index (κ1) is 10.9. The molecule has 0 aromatic carbocycles. The molecular formula is C8H18N2O2S. The van der Waals surface area contributed by atoms with Gasteiger partial charge < -0.3 is 5.32 Å². The second-order valence-corrected chi connectivity index (χ2v) is 6.02. The van der Waals surface area contributed by atoms with Crippen LogP contribution in [0.4, 0.5) is 0 Å². The first-order valence-corrected chi connectivity index (χ1v) is 6.29. The molecule has 1 aliphatic rings. The van der Waals surface area contributed by atoms with Crippen LogP contribution in [0.5, 0.6) is 0 Å². The minimum Gasteiger partial charge on any atom is -0.315 e. The molecule has 0 bridgehead atoms. The van der Waals surface area contributed by atoms with Gasteiger partial charge in [-0.25, -0.2) is 13.1 Å². The highest BCUT2D eigenvalue weighted by molar-refractivity contribution is 7.90. The average molecular weight is 206 g/mol. The number of sulfonamides is 1. The average Bonchev–Trinajstić information content (AvgIpc) is 2.05. The molecule has 1 saturated heterocycles. The van der Waals surface area contributed by atoms with Gasteiger partial charge in [0.2, 0.25) is 10.0 Å². The zero-order valence-corrected chi connectivity index (χ0v) is 9.02. The van der Waals surface area contributed by atoms with Crippen LogP contribution in [-0.4, -0.2) is 32.8 Å². The first-order chi connectivity index (χ1) is 6.02. The van der Waals surface area contributed by atoms with Gasteiger partial charge in [-0.05, 0) is 33.2 Å². The number of rotatable bonds is 3. The van der Waals surface area contributed by atoms with Crippen molar-refractivity contribution in [3.05, 3.63) is 0 Å². The highest BCUT2D eigenvalue weighted by atomic mass is 32.2. The van der Waals surface area contributed by atoms with Gasteiger partial charge in [0, 0.05) is 12.6 Å². The van der Waals surface area contributed by atoms with E-state index in [4.69, 9.17) is 0 Å². The predicted molar refractivity (Wildman–Crippen MR) is 53.1 cm³/mol. The van der Waals surface area contributed by atoms with Crippen molar-refractivity contribution in [2.45, 2.75) is 38.0 Å². The summed E-state index contributed by atoms with van der Waals surface area (Å²) in [6.07, 6.45) is 1.99. The summed E-state index contributed by atoms with van der Waals surface area (Å²) in [5.74, 6) is 0. The fourth-order valence-corrected chi connectivity index (χ4v) is 2.26. The molecular weight excluding hydrogens is 188 g/mol. The van der Waals surface area contributed by atoms with Gasteiger partial charge in [-0.15, -0.1) is 0 Å². The highest BCUT2D eigenvalue weighted by Gasteiger charge is 2.22. The summed E-state index contributed by atoms with van der Waals surface area (Å²) in [7, 11) is -3.09. The molecule has 1 aliphatic heterocycles. The Balaban J connectivity index is 2.47. The lowest BCUT2D eigenvalue weighted by Gasteiger charge is -2.24. The second kappa shape index (κ2) is 4.39. The van der Waals surface area contributed by atoms with Crippen molar-refractivity contribution < 1.29 is 8.42 Å². The molecule has 0 amide bonds. The second-order valence-electron chi connectivity index (χ2n) is 3.75. The molecule has 0 saturated carbocycles. The Labute approximate surface area is 80.1 Å². The highest BCUT2D eigenvalue weighted by Crippen LogP contribution is 2.05. The minimum atomic E-state index is -3.09. The van der Waals surface area contributed by atoms with Gasteiger partial charge >= 0.3 is 0 Å². The Morgan fingerprint density at radius 1 is 1.46 bits per heavy atom. The Hall–Kier alpha value is -0.130. The largest absolute Gasteiger partial charge is 0.315 e. The van der Waals surface area contributed by atoms with Crippen molar-refractivity contribution in [2.75, 3.05) is 13.1 Å². The Kier molecular flexibility index (Phi) is 3.70. The number of hydrogen-bond donors (Lipinski definition) is 2. The standard InChI is InChI=1S/C8H18N2O2S/c1-7(2)13(11,12)10-8-4-3-5-9-6-8/h7-10H,3-6H2,1-2H3. The third kappa shape index (κ3) is 3.25. The van der Waals surface area contributed by atoms with Crippen molar-refractivity contribution in [3.8, 4) is 0 Å². The molecule has 0 spiro atoms. The minimum absolute atomic E-state index is 0.0844. The van der Waals surface area contributed by atoms with Crippen LogP contribution >= 0.6 is 0 Å². The van der Waals surface area contributed by atoms with E-state index in [-0.39, 0.29) is 11.3 Å². The molecule has 4 nitrogen and oxygen atoms in total. The topological polar surface area (TPSA) is 58.2 Å². The molecule has 0 aromatic rings. The zero-order valence-electron chi connectivity index (χ0n) is 8.21. The van der Waals surface area contributed by atoms with Crippen LogP contribution in [0.3, 0.4) is 0 Å². The van der Waals surface area contributed by atoms with E-state index in [9.17, 15) is 8.42 Å². The first-order valence-electron chi connectivity index (χ1n) is 4.74. The molecule has 1 rings (SSSR count). The molecule has 5 heteroatoms. The molecule has 1 unspecified atom stereocenters. The molecule has 13 heavy (non-hydrogen) atoms. The van der Waals surface area contributed by atoms with Gasteiger partial charge in [0.15, 0.2) is 0 Å². The maximum atomic E-state index is 11.5. The summed E-state index contributed by atoms with van der Waals surface area (Å²) in [6.45, 7) is 5.14. The Morgan fingerprint density at radius 2 is 2.15 bits per heavy atom. The lowest BCUT2D eigenvalue weighted by Crippen LogP contribution is -2.47. The monoisotopic (exact) mass is 206 g/mol. The predicted octanol–water partition coefficient (Wildman–Crippen LogP) is 0.0662. The molecule has 1 fully saturated rings. The lowest BCUT2D eigenvalue weighted by molar-refractivity contribution is 0.427. The summed E-state index contributed by atoms with van der Waals surface area (Å²) in [4.78, 5) is 0. The molecule has 0 radical (unpaired) electrons. The quantitative estimate of drug-likeness (QED) is 0.687. The van der Waals surface area contributed by atoms with Gasteiger partial charge in [-0.3, -0.25) is 0 Å². The van der Waals surface area contributed by atoms with E-state index in [1.54, 1.807) is 13.8 Å². The van der Waals surface area contributed by atoms with E-state index in [0.29, 0.717) is 0 Å². The van der Waals surface area contributed by atoms with Crippen LogP contribution in [0.2, 0.25) is 0 Å². The van der Waals surface area contributed by atoms with Crippen molar-refractivity contribution >= 4 is 10.0 Å². The van der Waals surface area contributed by atoms with E-state index < -0.39 is 10.0 Å². The third-order valence-electron chi connectivity index (χ3n) is 2.25. The van der Waals surface area contributed by atoms with Crippen LogP contribution in [0, 0.1) is 0 Å². The number of hydrogen-bond acceptors (Lipinski definition) is 3. The summed E-state index contributed by atoms with van der Waals surface area (Å²) >= 11 is 0. The van der Waals surface area contributed by atoms with Gasteiger partial charge in [0.1, 0.15) is 0 Å². The Morgan fingerprint density at radius 3 is 2.62 bits per heavy atom. The maximum Gasteiger partial charge on any atom is 0.214 e. The number of nitrogens with one attached hydrogen (secondary N) is 2. The summed E-state index contributed by atoms with van der Waals surface area (Å²) in [5, 5.41) is 2.83. The van der Waals surface area contributed by atoms with Gasteiger partial charge in [0.25, 0.3) is 0 Å². The van der Waals surface area contributed by atoms with E-state index in [1.807, 2.05) is 0 Å². The fourth-order valence-electron chi connectivity index (χ4n) is 1.32. The molecule has 78 valence electrons. The van der Waals surface area contributed by atoms with Crippen LogP contribution in [0.1, 0.15) is 26.7 Å². The van der Waals surface area contributed by atoms with E-state index in [0.717, 1.165) is 25.9 Å². The molecule has 1 heterocycles. The van der Waals surface area contributed by atoms with E-state index >= 15 is 0 Å². The van der Waals surface area contributed by atoms with E-state index in [1.165, 1.54) is 0 Å². The third-order valence-corrected chi connectivity index (χ3v) is 4.15. The summed E-state index contributed by atoms with van der Waals surface area (Å²) in [6, 6.07) is 0.0844. The molecule has 1 atom stereocenters. The van der Waals surface area contributed by atoms with Crippen LogP contribution in [-0.2, 0) is 10.0 Å². The van der Waals surface area contributed by atoms with Gasteiger partial charge in [-0.1, -0.05) is 0 Å². The van der Waals surface area contributed by atoms with Crippen molar-refractivity contribution in [1.82, 2.24) is 10.0 Å². The fraction of sp³-hybridized carbons (Fsp3) is 1.00. The smallest absolute Gasteiger partial charge is 0.214 e. The lowest BCUT2D eigenvalue weighted by atomic mass is 10.1. The van der Waals surface area contributed by atoms with Crippen molar-refractivity contribution in [1.29, 1.82) is 0 Å². The van der Waals surface area contributed by atoms with Crippen LogP contribution in [0.15, 0.2) is 0 Å².